The number of hydrogen-bond donors (Lipinski definition) is 0. The number of ether oxygens (including phenoxy) is 1. The number of carbonyl (C=O) groups excluding carboxylic acids is 1. The molecule has 0 spiro atoms. The molecule has 0 saturated heterocycles. The fourth-order valence-corrected chi connectivity index (χ4v) is 1.98. The Hall–Kier alpha value is -2.56. The molecule has 2 rings (SSSR count). The van der Waals surface area contributed by atoms with Gasteiger partial charge in [0, 0.05) is 0 Å². The molecule has 0 aliphatic heterocycles. The van der Waals surface area contributed by atoms with Crippen LogP contribution in [0.15, 0.2) is 61.2 Å². The summed E-state index contributed by atoms with van der Waals surface area (Å²) in [6.45, 7) is 4.91. The zero-order valence-corrected chi connectivity index (χ0v) is 12.4. The second-order valence-electron chi connectivity index (χ2n) is 5.08. The van der Waals surface area contributed by atoms with E-state index in [0.717, 1.165) is 17.7 Å². The van der Waals surface area contributed by atoms with E-state index in [4.69, 9.17) is 4.74 Å². The molecule has 0 saturated carbocycles. The Balaban J connectivity index is 2.31. The van der Waals surface area contributed by atoms with Gasteiger partial charge < -0.3 is 4.74 Å². The molecule has 0 radical (unpaired) electrons. The number of hydrogen-bond acceptors (Lipinski definition) is 2. The Labute approximate surface area is 132 Å². The van der Waals surface area contributed by atoms with Crippen molar-refractivity contribution in [3.05, 3.63) is 83.7 Å². The number of benzene rings is 2. The predicted octanol–water partition coefficient (Wildman–Crippen LogP) is 4.85. The summed E-state index contributed by atoms with van der Waals surface area (Å²) in [6.07, 6.45) is -1.37. The molecule has 0 N–H and O–H groups in total. The minimum atomic E-state index is -3.44. The fourth-order valence-electron chi connectivity index (χ4n) is 1.98. The standard InChI is InChI=1S/C18H15F3O2/c1-3-18(20,21)16(13-6-4-12(2)5-7-13)23-17(22)14-8-10-15(19)11-9-14/h3-11,16H,1H2,2H3. The van der Waals surface area contributed by atoms with Crippen LogP contribution in [-0.2, 0) is 4.74 Å². The van der Waals surface area contributed by atoms with Crippen LogP contribution in [0.25, 0.3) is 0 Å². The Morgan fingerprint density at radius 2 is 1.70 bits per heavy atom. The minimum absolute atomic E-state index is 0.0108. The van der Waals surface area contributed by atoms with Crippen LogP contribution in [0, 0.1) is 12.7 Å². The van der Waals surface area contributed by atoms with Gasteiger partial charge in [0.05, 0.1) is 5.56 Å². The van der Waals surface area contributed by atoms with E-state index in [0.29, 0.717) is 6.08 Å². The first-order chi connectivity index (χ1) is 10.8. The molecule has 0 aliphatic rings. The van der Waals surface area contributed by atoms with E-state index in [1.165, 1.54) is 24.3 Å². The number of aryl methyl sites for hydroxylation is 1. The summed E-state index contributed by atoms with van der Waals surface area (Å²) in [5, 5.41) is 0. The maximum absolute atomic E-state index is 14.1. The van der Waals surface area contributed by atoms with Gasteiger partial charge >= 0.3 is 11.9 Å². The van der Waals surface area contributed by atoms with Crippen LogP contribution in [0.5, 0.6) is 0 Å². The number of carbonyl (C=O) groups is 1. The van der Waals surface area contributed by atoms with Gasteiger partial charge in [0.2, 0.25) is 0 Å². The molecule has 0 aromatic heterocycles. The highest BCUT2D eigenvalue weighted by Gasteiger charge is 2.41. The lowest BCUT2D eigenvalue weighted by Gasteiger charge is -2.24. The molecule has 0 fully saturated rings. The van der Waals surface area contributed by atoms with Gasteiger partial charge in [0.25, 0.3) is 0 Å². The van der Waals surface area contributed by atoms with Crippen molar-refractivity contribution in [1.82, 2.24) is 0 Å². The van der Waals surface area contributed by atoms with Crippen LogP contribution >= 0.6 is 0 Å². The summed E-state index contributed by atoms with van der Waals surface area (Å²) in [7, 11) is 0. The molecule has 0 aliphatic carbocycles. The smallest absolute Gasteiger partial charge is 0.338 e. The molecule has 2 nitrogen and oxygen atoms in total. The van der Waals surface area contributed by atoms with Crippen molar-refractivity contribution in [3.8, 4) is 0 Å². The molecule has 0 amide bonds. The average Bonchev–Trinajstić information content (AvgIpc) is 2.54. The van der Waals surface area contributed by atoms with Crippen LogP contribution in [-0.4, -0.2) is 11.9 Å². The SMILES string of the molecule is C=CC(F)(F)C(OC(=O)c1ccc(F)cc1)c1ccc(C)cc1. The van der Waals surface area contributed by atoms with Gasteiger partial charge in [-0.2, -0.15) is 8.78 Å². The van der Waals surface area contributed by atoms with Crippen molar-refractivity contribution < 1.29 is 22.7 Å². The molecule has 1 unspecified atom stereocenters. The summed E-state index contributed by atoms with van der Waals surface area (Å²) >= 11 is 0. The molecular weight excluding hydrogens is 305 g/mol. The van der Waals surface area contributed by atoms with Gasteiger partial charge in [0.15, 0.2) is 6.10 Å². The van der Waals surface area contributed by atoms with E-state index < -0.39 is 23.8 Å². The van der Waals surface area contributed by atoms with Crippen LogP contribution in [0.4, 0.5) is 13.2 Å². The van der Waals surface area contributed by atoms with Crippen LogP contribution in [0.3, 0.4) is 0 Å². The highest BCUT2D eigenvalue weighted by atomic mass is 19.3. The van der Waals surface area contributed by atoms with E-state index in [1.807, 2.05) is 6.92 Å². The van der Waals surface area contributed by atoms with Gasteiger partial charge in [-0.1, -0.05) is 36.4 Å². The minimum Gasteiger partial charge on any atom is -0.447 e. The van der Waals surface area contributed by atoms with Crippen LogP contribution in [0.1, 0.15) is 27.6 Å². The van der Waals surface area contributed by atoms with E-state index in [9.17, 15) is 18.0 Å². The summed E-state index contributed by atoms with van der Waals surface area (Å²) < 4.78 is 46.0. The van der Waals surface area contributed by atoms with E-state index in [1.54, 1.807) is 12.1 Å². The third kappa shape index (κ3) is 4.00. The lowest BCUT2D eigenvalue weighted by molar-refractivity contribution is -0.0837. The molecule has 1 atom stereocenters. The van der Waals surface area contributed by atoms with Crippen molar-refractivity contribution in [3.63, 3.8) is 0 Å². The number of esters is 1. The first-order valence-electron chi connectivity index (χ1n) is 6.88. The largest absolute Gasteiger partial charge is 0.447 e. The normalized spacial score (nSPS) is 12.5. The van der Waals surface area contributed by atoms with E-state index in [-0.39, 0.29) is 11.1 Å². The molecule has 23 heavy (non-hydrogen) atoms. The molecule has 0 bridgehead atoms. The Bertz CT molecular complexity index is 691. The Morgan fingerprint density at radius 3 is 2.22 bits per heavy atom. The molecule has 120 valence electrons. The molecular formula is C18H15F3O2. The Morgan fingerprint density at radius 1 is 1.13 bits per heavy atom. The lowest BCUT2D eigenvalue weighted by atomic mass is 10.0. The molecule has 2 aromatic rings. The zero-order valence-electron chi connectivity index (χ0n) is 12.4. The third-order valence-electron chi connectivity index (χ3n) is 3.31. The first-order valence-corrected chi connectivity index (χ1v) is 6.88. The summed E-state index contributed by atoms with van der Waals surface area (Å²) in [5.74, 6) is -4.93. The van der Waals surface area contributed by atoms with Crippen LogP contribution < -0.4 is 0 Å². The topological polar surface area (TPSA) is 26.3 Å². The van der Waals surface area contributed by atoms with Crippen molar-refractivity contribution in [1.29, 1.82) is 0 Å². The number of alkyl halides is 2. The van der Waals surface area contributed by atoms with Crippen molar-refractivity contribution in [2.24, 2.45) is 0 Å². The van der Waals surface area contributed by atoms with Gasteiger partial charge in [0.1, 0.15) is 5.82 Å². The summed E-state index contributed by atoms with van der Waals surface area (Å²) in [6, 6.07) is 10.7. The first kappa shape index (κ1) is 16.8. The third-order valence-corrected chi connectivity index (χ3v) is 3.31. The Kier molecular flexibility index (Phi) is 4.89. The second-order valence-corrected chi connectivity index (χ2v) is 5.08. The number of rotatable bonds is 5. The quantitative estimate of drug-likeness (QED) is 0.581. The van der Waals surface area contributed by atoms with Crippen LogP contribution in [0.2, 0.25) is 0 Å². The second kappa shape index (κ2) is 6.69. The summed E-state index contributed by atoms with van der Waals surface area (Å²) in [4.78, 5) is 12.1. The predicted molar refractivity (Wildman–Crippen MR) is 80.9 cm³/mol. The maximum Gasteiger partial charge on any atom is 0.338 e. The molecule has 2 aromatic carbocycles. The lowest BCUT2D eigenvalue weighted by Crippen LogP contribution is -2.28. The van der Waals surface area contributed by atoms with Crippen molar-refractivity contribution in [2.45, 2.75) is 19.0 Å². The zero-order chi connectivity index (χ0) is 17.0. The monoisotopic (exact) mass is 320 g/mol. The number of halogens is 3. The maximum atomic E-state index is 14.1. The van der Waals surface area contributed by atoms with Gasteiger partial charge in [-0.05, 0) is 42.8 Å². The van der Waals surface area contributed by atoms with E-state index >= 15 is 0 Å². The highest BCUT2D eigenvalue weighted by Crippen LogP contribution is 2.36. The molecule has 0 heterocycles. The van der Waals surface area contributed by atoms with Gasteiger partial charge in [-0.15, -0.1) is 0 Å². The fraction of sp³-hybridized carbons (Fsp3) is 0.167. The highest BCUT2D eigenvalue weighted by molar-refractivity contribution is 5.89. The van der Waals surface area contributed by atoms with Crippen molar-refractivity contribution in [2.75, 3.05) is 0 Å². The van der Waals surface area contributed by atoms with Gasteiger partial charge in [-0.25, -0.2) is 9.18 Å². The average molecular weight is 320 g/mol. The molecule has 5 heteroatoms. The van der Waals surface area contributed by atoms with Crippen molar-refractivity contribution >= 4 is 5.97 Å². The van der Waals surface area contributed by atoms with E-state index in [2.05, 4.69) is 6.58 Å². The van der Waals surface area contributed by atoms with Gasteiger partial charge in [-0.3, -0.25) is 0 Å². The summed E-state index contributed by atoms with van der Waals surface area (Å²) in [5.41, 5.74) is 1.03.